The van der Waals surface area contributed by atoms with Gasteiger partial charge in [0.1, 0.15) is 11.6 Å². The summed E-state index contributed by atoms with van der Waals surface area (Å²) in [7, 11) is 0. The minimum absolute atomic E-state index is 0.0143. The number of nitrogens with one attached hydrogen (secondary N) is 1. The fraction of sp³-hybridized carbons (Fsp3) is 0.318. The summed E-state index contributed by atoms with van der Waals surface area (Å²) in [4.78, 5) is 4.16. The molecule has 0 amide bonds. The van der Waals surface area contributed by atoms with Crippen LogP contribution in [0.2, 0.25) is 0 Å². The monoisotopic (exact) mass is 422 g/mol. The first-order chi connectivity index (χ1) is 13.9. The van der Waals surface area contributed by atoms with Crippen molar-refractivity contribution in [2.45, 2.75) is 37.5 Å². The molecule has 4 nitrogen and oxygen atoms in total. The molecule has 0 spiro atoms. The Hall–Kier alpha value is -2.87. The lowest BCUT2D eigenvalue weighted by molar-refractivity contribution is -0.260. The maximum atomic E-state index is 13.9. The number of aromatic hydroxyl groups is 1. The average molecular weight is 422 g/mol. The first-order valence-electron chi connectivity index (χ1n) is 9.29. The standard InChI is InChI=1S/C22H22F4N2O2/c1-20(2,16-11-14(23)7-8-19(16)29)12-21(30,22(24,25)26)13-28-18-9-10-27-17-6-4-3-5-15(17)18/h3-11,29-30H,12-13H2,1-2H3,(H,27,28). The number of hydrogen-bond acceptors (Lipinski definition) is 4. The number of halogens is 4. The van der Waals surface area contributed by atoms with Crippen molar-refractivity contribution in [2.75, 3.05) is 11.9 Å². The number of phenolic OH excluding ortho intramolecular Hbond substituents is 1. The molecule has 1 heterocycles. The van der Waals surface area contributed by atoms with Crippen LogP contribution in [0.1, 0.15) is 25.8 Å². The Kier molecular flexibility index (Phi) is 5.64. The molecule has 0 saturated heterocycles. The van der Waals surface area contributed by atoms with Gasteiger partial charge in [0.15, 0.2) is 5.60 Å². The van der Waals surface area contributed by atoms with E-state index in [4.69, 9.17) is 0 Å². The predicted octanol–water partition coefficient (Wildman–Crippen LogP) is 5.15. The molecule has 3 aromatic rings. The van der Waals surface area contributed by atoms with Gasteiger partial charge in [0.25, 0.3) is 0 Å². The van der Waals surface area contributed by atoms with Crippen LogP contribution in [-0.4, -0.2) is 33.5 Å². The maximum Gasteiger partial charge on any atom is 0.418 e. The molecule has 0 saturated carbocycles. The van der Waals surface area contributed by atoms with Crippen molar-refractivity contribution >= 4 is 16.6 Å². The first-order valence-corrected chi connectivity index (χ1v) is 9.29. The molecule has 0 fully saturated rings. The van der Waals surface area contributed by atoms with E-state index >= 15 is 0 Å². The van der Waals surface area contributed by atoms with Crippen LogP contribution in [0.5, 0.6) is 5.75 Å². The quantitative estimate of drug-likeness (QED) is 0.481. The molecule has 8 heteroatoms. The summed E-state index contributed by atoms with van der Waals surface area (Å²) in [5.74, 6) is -1.02. The lowest BCUT2D eigenvalue weighted by Crippen LogP contribution is -2.53. The van der Waals surface area contributed by atoms with Crippen molar-refractivity contribution in [1.82, 2.24) is 4.98 Å². The Morgan fingerprint density at radius 2 is 1.73 bits per heavy atom. The van der Waals surface area contributed by atoms with E-state index in [9.17, 15) is 27.8 Å². The summed E-state index contributed by atoms with van der Waals surface area (Å²) in [5.41, 5.74) is -3.53. The number of phenols is 1. The lowest BCUT2D eigenvalue weighted by Gasteiger charge is -2.38. The highest BCUT2D eigenvalue weighted by Gasteiger charge is 2.56. The third-order valence-corrected chi connectivity index (χ3v) is 5.17. The van der Waals surface area contributed by atoms with Crippen molar-refractivity contribution in [1.29, 1.82) is 0 Å². The molecule has 3 rings (SSSR count). The normalized spacial score (nSPS) is 14.5. The third-order valence-electron chi connectivity index (χ3n) is 5.17. The molecule has 0 aliphatic carbocycles. The number of nitrogens with zero attached hydrogens (tertiary/aromatic N) is 1. The zero-order valence-electron chi connectivity index (χ0n) is 16.5. The second-order valence-corrected chi connectivity index (χ2v) is 7.98. The van der Waals surface area contributed by atoms with Gasteiger partial charge < -0.3 is 15.5 Å². The second kappa shape index (κ2) is 7.75. The third kappa shape index (κ3) is 4.33. The topological polar surface area (TPSA) is 65.4 Å². The second-order valence-electron chi connectivity index (χ2n) is 7.98. The van der Waals surface area contributed by atoms with Crippen LogP contribution in [0.25, 0.3) is 10.9 Å². The number of aromatic nitrogens is 1. The summed E-state index contributed by atoms with van der Waals surface area (Å²) in [6, 6.07) is 11.6. The summed E-state index contributed by atoms with van der Waals surface area (Å²) < 4.78 is 55.4. The molecule has 1 atom stereocenters. The molecule has 2 aromatic carbocycles. The number of alkyl halides is 3. The Labute approximate surface area is 171 Å². The van der Waals surface area contributed by atoms with E-state index in [0.29, 0.717) is 16.6 Å². The van der Waals surface area contributed by atoms with Gasteiger partial charge in [-0.25, -0.2) is 4.39 Å². The van der Waals surface area contributed by atoms with Crippen LogP contribution >= 0.6 is 0 Å². The van der Waals surface area contributed by atoms with Gasteiger partial charge in [-0.15, -0.1) is 0 Å². The van der Waals surface area contributed by atoms with Gasteiger partial charge in [0.05, 0.1) is 12.1 Å². The van der Waals surface area contributed by atoms with Gasteiger partial charge in [-0.2, -0.15) is 13.2 Å². The smallest absolute Gasteiger partial charge is 0.418 e. The molecule has 1 aromatic heterocycles. The number of benzene rings is 2. The van der Waals surface area contributed by atoms with E-state index < -0.39 is 36.0 Å². The van der Waals surface area contributed by atoms with Crippen molar-refractivity contribution in [3.05, 3.63) is 66.1 Å². The molecule has 160 valence electrons. The van der Waals surface area contributed by atoms with Crippen LogP contribution in [0.15, 0.2) is 54.7 Å². The van der Waals surface area contributed by atoms with Gasteiger partial charge in [-0.1, -0.05) is 32.0 Å². The van der Waals surface area contributed by atoms with Crippen LogP contribution in [-0.2, 0) is 5.41 Å². The van der Waals surface area contributed by atoms with Crippen LogP contribution in [0.4, 0.5) is 23.2 Å². The fourth-order valence-electron chi connectivity index (χ4n) is 3.63. The largest absolute Gasteiger partial charge is 0.508 e. The van der Waals surface area contributed by atoms with Crippen molar-refractivity contribution in [3.63, 3.8) is 0 Å². The van der Waals surface area contributed by atoms with Crippen molar-refractivity contribution < 1.29 is 27.8 Å². The minimum atomic E-state index is -4.97. The summed E-state index contributed by atoms with van der Waals surface area (Å²) in [5, 5.41) is 24.0. The number of aliphatic hydroxyl groups is 1. The SMILES string of the molecule is CC(C)(CC(O)(CNc1ccnc2ccccc12)C(F)(F)F)c1cc(F)ccc1O. The summed E-state index contributed by atoms with van der Waals surface area (Å²) >= 11 is 0. The van der Waals surface area contributed by atoms with Gasteiger partial charge in [0.2, 0.25) is 0 Å². The molecule has 1 unspecified atom stereocenters. The highest BCUT2D eigenvalue weighted by Crippen LogP contribution is 2.43. The summed E-state index contributed by atoms with van der Waals surface area (Å²) in [6.07, 6.45) is -4.30. The van der Waals surface area contributed by atoms with E-state index in [0.717, 1.165) is 18.2 Å². The zero-order valence-corrected chi connectivity index (χ0v) is 16.5. The summed E-state index contributed by atoms with van der Waals surface area (Å²) in [6.45, 7) is 2.00. The lowest BCUT2D eigenvalue weighted by atomic mass is 9.74. The molecule has 0 radical (unpaired) electrons. The van der Waals surface area contributed by atoms with Crippen molar-refractivity contribution in [3.8, 4) is 5.75 Å². The molecule has 0 aliphatic heterocycles. The first kappa shape index (κ1) is 21.8. The average Bonchev–Trinajstić information content (AvgIpc) is 2.67. The van der Waals surface area contributed by atoms with Gasteiger partial charge >= 0.3 is 6.18 Å². The zero-order chi connectivity index (χ0) is 22.2. The highest BCUT2D eigenvalue weighted by atomic mass is 19.4. The molecule has 3 N–H and O–H groups in total. The van der Waals surface area contributed by atoms with Gasteiger partial charge in [-0.05, 0) is 42.2 Å². The van der Waals surface area contributed by atoms with Crippen LogP contribution in [0, 0.1) is 5.82 Å². The van der Waals surface area contributed by atoms with E-state index in [1.54, 1.807) is 24.3 Å². The van der Waals surface area contributed by atoms with E-state index in [-0.39, 0.29) is 11.3 Å². The molecule has 30 heavy (non-hydrogen) atoms. The number of anilines is 1. The molecule has 0 bridgehead atoms. The van der Waals surface area contributed by atoms with Crippen LogP contribution in [0.3, 0.4) is 0 Å². The van der Waals surface area contributed by atoms with E-state index in [1.165, 1.54) is 26.1 Å². The Bertz CT molecular complexity index is 1050. The van der Waals surface area contributed by atoms with Gasteiger partial charge in [-0.3, -0.25) is 4.98 Å². The van der Waals surface area contributed by atoms with Gasteiger partial charge in [0, 0.05) is 22.8 Å². The number of hydrogen-bond donors (Lipinski definition) is 3. The molecule has 0 aliphatic rings. The Morgan fingerprint density at radius 3 is 2.43 bits per heavy atom. The number of para-hydroxylation sites is 1. The van der Waals surface area contributed by atoms with E-state index in [1.807, 2.05) is 0 Å². The fourth-order valence-corrected chi connectivity index (χ4v) is 3.63. The minimum Gasteiger partial charge on any atom is -0.508 e. The van der Waals surface area contributed by atoms with Crippen molar-refractivity contribution in [2.24, 2.45) is 0 Å². The Morgan fingerprint density at radius 1 is 1.03 bits per heavy atom. The number of rotatable bonds is 6. The number of pyridine rings is 1. The van der Waals surface area contributed by atoms with Crippen LogP contribution < -0.4 is 5.32 Å². The highest BCUT2D eigenvalue weighted by molar-refractivity contribution is 5.90. The number of fused-ring (bicyclic) bond motifs is 1. The Balaban J connectivity index is 1.92. The molecular weight excluding hydrogens is 400 g/mol. The molecular formula is C22H22F4N2O2. The predicted molar refractivity (Wildman–Crippen MR) is 107 cm³/mol. The maximum absolute atomic E-state index is 13.9. The van der Waals surface area contributed by atoms with E-state index in [2.05, 4.69) is 10.3 Å².